The van der Waals surface area contributed by atoms with Crippen LogP contribution in [0.3, 0.4) is 0 Å². The first kappa shape index (κ1) is 32.0. The van der Waals surface area contributed by atoms with E-state index < -0.39 is 0 Å². The Morgan fingerprint density at radius 2 is 0.732 bits per heavy atom. The molecule has 0 aromatic carbocycles. The van der Waals surface area contributed by atoms with Gasteiger partial charge in [-0.2, -0.15) is 0 Å². The van der Waals surface area contributed by atoms with Crippen molar-refractivity contribution in [3.63, 3.8) is 0 Å². The van der Waals surface area contributed by atoms with Crippen LogP contribution < -0.4 is 9.47 Å². The molecule has 1 aromatic heterocycles. The van der Waals surface area contributed by atoms with Gasteiger partial charge in [-0.3, -0.25) is 0 Å². The highest BCUT2D eigenvalue weighted by Gasteiger charge is 2.33. The predicted octanol–water partition coefficient (Wildman–Crippen LogP) is 13.2. The molecule has 5 rings (SSSR count). The van der Waals surface area contributed by atoms with Gasteiger partial charge in [0, 0.05) is 11.1 Å². The van der Waals surface area contributed by atoms with Crippen LogP contribution in [0.4, 0.5) is 0 Å². The summed E-state index contributed by atoms with van der Waals surface area (Å²) in [5, 5.41) is 0. The zero-order valence-corrected chi connectivity index (χ0v) is 31.2. The van der Waals surface area contributed by atoms with Crippen molar-refractivity contribution >= 4 is 105 Å². The third-order valence-corrected chi connectivity index (χ3v) is 17.0. The number of thioether (sulfide) groups is 8. The van der Waals surface area contributed by atoms with Gasteiger partial charge in [-0.25, -0.2) is 0 Å². The number of methoxy groups -OCH3 is 2. The summed E-state index contributed by atoms with van der Waals surface area (Å²) >= 11 is 14.5. The molecule has 0 radical (unpaired) electrons. The molecule has 11 heteroatoms. The van der Waals surface area contributed by atoms with Crippen molar-refractivity contribution in [2.24, 2.45) is 0 Å². The van der Waals surface area contributed by atoms with Gasteiger partial charge in [0.25, 0.3) is 0 Å². The van der Waals surface area contributed by atoms with Gasteiger partial charge in [0.1, 0.15) is 0 Å². The van der Waals surface area contributed by atoms with Gasteiger partial charge in [0.2, 0.25) is 11.5 Å². The molecule has 0 bridgehead atoms. The van der Waals surface area contributed by atoms with Crippen molar-refractivity contribution in [3.8, 4) is 11.5 Å². The second kappa shape index (κ2) is 13.3. The van der Waals surface area contributed by atoms with Gasteiger partial charge in [0.05, 0.1) is 31.2 Å². The molecule has 0 atom stereocenters. The van der Waals surface area contributed by atoms with Crippen LogP contribution in [0, 0.1) is 0 Å². The first-order valence-electron chi connectivity index (χ1n) is 12.8. The van der Waals surface area contributed by atoms with Crippen molar-refractivity contribution in [2.45, 2.75) is 55.4 Å². The summed E-state index contributed by atoms with van der Waals surface area (Å²) in [6.07, 6.45) is 4.53. The van der Waals surface area contributed by atoms with Gasteiger partial charge in [0.15, 0.2) is 11.5 Å². The molecule has 3 nitrogen and oxygen atoms in total. The maximum atomic E-state index is 6.94. The highest BCUT2D eigenvalue weighted by Crippen LogP contribution is 2.60. The minimum atomic E-state index is 0.628. The van der Waals surface area contributed by atoms with Crippen LogP contribution in [0.5, 0.6) is 11.5 Å². The van der Waals surface area contributed by atoms with E-state index >= 15 is 0 Å². The molecular weight excluding hydrogens is 665 g/mol. The number of allylic oxidation sites excluding steroid dienone is 12. The molecule has 0 fully saturated rings. The van der Waals surface area contributed by atoms with E-state index in [-0.39, 0.29) is 0 Å². The Balaban J connectivity index is 1.70. The minimum absolute atomic E-state index is 0.628. The number of rotatable bonds is 6. The molecule has 4 aliphatic heterocycles. The van der Waals surface area contributed by atoms with E-state index in [4.69, 9.17) is 13.9 Å². The number of furan rings is 1. The molecule has 0 amide bonds. The van der Waals surface area contributed by atoms with Gasteiger partial charge >= 0.3 is 0 Å². The Hall–Kier alpha value is -0.400. The molecule has 1 aromatic rings. The number of hydrogen-bond donors (Lipinski definition) is 0. The lowest BCUT2D eigenvalue weighted by atomic mass is 10.2. The second-order valence-electron chi connectivity index (χ2n) is 9.42. The quantitative estimate of drug-likeness (QED) is 0.285. The summed E-state index contributed by atoms with van der Waals surface area (Å²) in [7, 11) is 3.41. The fourth-order valence-electron chi connectivity index (χ4n) is 3.95. The third-order valence-electron chi connectivity index (χ3n) is 6.67. The molecule has 0 N–H and O–H groups in total. The number of ether oxygens (including phenoxy) is 2. The SMILES string of the molecule is COc1c(C(C=C2SC(C)=C(C)S2)=C2SC(C)=C(C)S2)oc(C(C=C2SC(C)=C(C)S2)=C2SC(C)=C(C)S2)c1OC. The van der Waals surface area contributed by atoms with Gasteiger partial charge < -0.3 is 13.9 Å². The Morgan fingerprint density at radius 3 is 1.00 bits per heavy atom. The summed E-state index contributed by atoms with van der Waals surface area (Å²) < 4.78 is 24.0. The molecule has 0 unspecified atom stereocenters. The molecule has 41 heavy (non-hydrogen) atoms. The Kier molecular flexibility index (Phi) is 10.4. The van der Waals surface area contributed by atoms with Crippen LogP contribution >= 0.6 is 94.1 Å². The van der Waals surface area contributed by atoms with Crippen molar-refractivity contribution in [2.75, 3.05) is 14.2 Å². The summed E-state index contributed by atoms with van der Waals surface area (Å²) in [6, 6.07) is 0. The fraction of sp³-hybridized carbons (Fsp3) is 0.333. The third kappa shape index (κ3) is 6.67. The monoisotopic (exact) mass is 696 g/mol. The Bertz CT molecular complexity index is 1400. The summed E-state index contributed by atoms with van der Waals surface area (Å²) in [5.74, 6) is 2.66. The molecule has 5 heterocycles. The van der Waals surface area contributed by atoms with Crippen LogP contribution in [-0.2, 0) is 0 Å². The second-order valence-corrected chi connectivity index (χ2v) is 20.4. The Morgan fingerprint density at radius 1 is 0.463 bits per heavy atom. The molecular formula is C30H32O3S8. The highest BCUT2D eigenvalue weighted by molar-refractivity contribution is 8.30. The fourth-order valence-corrected chi connectivity index (χ4v) is 13.8. The van der Waals surface area contributed by atoms with Crippen LogP contribution in [-0.4, -0.2) is 14.2 Å². The molecule has 0 spiro atoms. The van der Waals surface area contributed by atoms with Crippen LogP contribution in [0.2, 0.25) is 0 Å². The first-order chi connectivity index (χ1) is 19.5. The van der Waals surface area contributed by atoms with Gasteiger partial charge in [-0.05, 0) is 107 Å². The summed E-state index contributed by atoms with van der Waals surface area (Å²) in [6.45, 7) is 17.5. The molecule has 0 saturated heterocycles. The molecule has 0 aliphatic carbocycles. The molecule has 4 aliphatic rings. The van der Waals surface area contributed by atoms with Crippen LogP contribution in [0.1, 0.15) is 66.9 Å². The lowest BCUT2D eigenvalue weighted by Gasteiger charge is -2.08. The minimum Gasteiger partial charge on any atom is -0.490 e. The van der Waals surface area contributed by atoms with Gasteiger partial charge in [-0.15, -0.1) is 0 Å². The van der Waals surface area contributed by atoms with Crippen molar-refractivity contribution < 1.29 is 13.9 Å². The molecule has 0 saturated carbocycles. The standard InChI is InChI=1S/C30H32O3S8/c1-13-14(2)35-23(34-13)11-21(29-38-17(5)18(6)39-29)25-27(31-9)28(32-10)26(33-25)22(30-40-19(7)20(8)41-30)12-24-36-15(3)16(4)37-24/h11-12H,1-10H3. The lowest BCUT2D eigenvalue weighted by Crippen LogP contribution is -1.92. The highest BCUT2D eigenvalue weighted by atomic mass is 32.2. The van der Waals surface area contributed by atoms with E-state index in [1.165, 1.54) is 56.2 Å². The van der Waals surface area contributed by atoms with E-state index in [9.17, 15) is 0 Å². The zero-order valence-electron chi connectivity index (χ0n) is 24.6. The van der Waals surface area contributed by atoms with Gasteiger partial charge in [-0.1, -0.05) is 94.1 Å². The predicted molar refractivity (Wildman–Crippen MR) is 196 cm³/mol. The zero-order chi connectivity index (χ0) is 29.6. The maximum Gasteiger partial charge on any atom is 0.208 e. The van der Waals surface area contributed by atoms with E-state index in [0.29, 0.717) is 23.0 Å². The van der Waals surface area contributed by atoms with E-state index in [0.717, 1.165) is 11.1 Å². The topological polar surface area (TPSA) is 31.6 Å². The maximum absolute atomic E-state index is 6.94. The first-order valence-corrected chi connectivity index (χ1v) is 19.3. The van der Waals surface area contributed by atoms with Crippen LogP contribution in [0.15, 0.2) is 72.8 Å². The van der Waals surface area contributed by atoms with E-state index in [2.05, 4.69) is 67.5 Å². The normalized spacial score (nSPS) is 19.6. The van der Waals surface area contributed by atoms with Crippen molar-refractivity contribution in [1.29, 1.82) is 0 Å². The van der Waals surface area contributed by atoms with Crippen LogP contribution in [0.25, 0.3) is 11.1 Å². The van der Waals surface area contributed by atoms with Crippen molar-refractivity contribution in [1.82, 2.24) is 0 Å². The molecule has 218 valence electrons. The number of hydrogen-bond acceptors (Lipinski definition) is 11. The summed E-state index contributed by atoms with van der Waals surface area (Å²) in [5.41, 5.74) is 2.06. The lowest BCUT2D eigenvalue weighted by molar-refractivity contribution is 0.357. The smallest absolute Gasteiger partial charge is 0.208 e. The Labute approximate surface area is 277 Å². The van der Waals surface area contributed by atoms with E-state index in [1.54, 1.807) is 61.3 Å². The summed E-state index contributed by atoms with van der Waals surface area (Å²) in [4.78, 5) is 10.6. The average molecular weight is 697 g/mol. The largest absolute Gasteiger partial charge is 0.490 e. The van der Waals surface area contributed by atoms with Crippen molar-refractivity contribution in [3.05, 3.63) is 79.9 Å². The average Bonchev–Trinajstić information content (AvgIpc) is 3.71. The van der Waals surface area contributed by atoms with E-state index in [1.807, 2.05) is 47.0 Å².